The van der Waals surface area contributed by atoms with Crippen molar-refractivity contribution in [1.82, 2.24) is 0 Å². The van der Waals surface area contributed by atoms with Gasteiger partial charge in [0.2, 0.25) is 0 Å². The molecular formula is C40H72F2O7Si. The number of hydrogen-bond donors (Lipinski definition) is 0. The van der Waals surface area contributed by atoms with E-state index in [-0.39, 0.29) is 59.8 Å². The zero-order valence-electron chi connectivity index (χ0n) is 33.0. The molecule has 0 bridgehead atoms. The summed E-state index contributed by atoms with van der Waals surface area (Å²) in [6.45, 7) is 18.1. The van der Waals surface area contributed by atoms with Crippen molar-refractivity contribution < 1.29 is 41.7 Å². The maximum Gasteiger partial charge on any atom is 0.306 e. The van der Waals surface area contributed by atoms with Gasteiger partial charge in [-0.3, -0.25) is 9.59 Å². The Kier molecular flexibility index (Phi) is 19.7. The third kappa shape index (κ3) is 16.1. The molecule has 1 aliphatic carbocycles. The SMILES string of the molecule is CCCCCCC(F)(F)C(C=C[C@@H]1[C@@H](CCCCCCCCC(=O)OC(C)C)[C@@H](OC(C)=O)C[C@H]1OC1CCCCO1)O[Si](C)(C)C(C)(C)C. The van der Waals surface area contributed by atoms with Gasteiger partial charge in [-0.15, -0.1) is 0 Å². The molecule has 7 nitrogen and oxygen atoms in total. The minimum atomic E-state index is -3.02. The summed E-state index contributed by atoms with van der Waals surface area (Å²) < 4.78 is 62.3. The molecule has 292 valence electrons. The van der Waals surface area contributed by atoms with Gasteiger partial charge in [-0.2, -0.15) is 0 Å². The number of carbonyl (C=O) groups excluding carboxylic acids is 2. The van der Waals surface area contributed by atoms with Crippen molar-refractivity contribution >= 4 is 20.3 Å². The molecule has 0 spiro atoms. The second kappa shape index (κ2) is 22.0. The molecular weight excluding hydrogens is 659 g/mol. The Hall–Kier alpha value is -1.36. The molecule has 1 saturated carbocycles. The lowest BCUT2D eigenvalue weighted by Gasteiger charge is -2.40. The lowest BCUT2D eigenvalue weighted by molar-refractivity contribution is -0.193. The number of ether oxygens (including phenoxy) is 4. The van der Waals surface area contributed by atoms with E-state index < -0.39 is 20.3 Å². The first kappa shape index (κ1) is 44.8. The van der Waals surface area contributed by atoms with Gasteiger partial charge in [-0.1, -0.05) is 91.2 Å². The molecule has 0 aromatic carbocycles. The fraction of sp³-hybridized carbons (Fsp3) is 0.900. The van der Waals surface area contributed by atoms with E-state index >= 15 is 8.78 Å². The van der Waals surface area contributed by atoms with Gasteiger partial charge < -0.3 is 23.4 Å². The summed E-state index contributed by atoms with van der Waals surface area (Å²) in [4.78, 5) is 24.1. The minimum Gasteiger partial charge on any atom is -0.463 e. The minimum absolute atomic E-state index is 0.0683. The van der Waals surface area contributed by atoms with Gasteiger partial charge in [0.25, 0.3) is 5.92 Å². The van der Waals surface area contributed by atoms with E-state index in [0.29, 0.717) is 25.9 Å². The lowest BCUT2D eigenvalue weighted by Crippen LogP contribution is -2.48. The monoisotopic (exact) mass is 731 g/mol. The molecule has 6 atom stereocenters. The number of hydrogen-bond acceptors (Lipinski definition) is 7. The van der Waals surface area contributed by atoms with Gasteiger partial charge in [0.05, 0.1) is 12.2 Å². The Morgan fingerprint density at radius 3 is 2.20 bits per heavy atom. The molecule has 0 N–H and O–H groups in total. The highest BCUT2D eigenvalue weighted by molar-refractivity contribution is 6.74. The van der Waals surface area contributed by atoms with Crippen molar-refractivity contribution in [3.63, 3.8) is 0 Å². The van der Waals surface area contributed by atoms with E-state index in [1.54, 1.807) is 6.08 Å². The predicted molar refractivity (Wildman–Crippen MR) is 199 cm³/mol. The number of esters is 2. The second-order valence-electron chi connectivity index (χ2n) is 16.5. The number of carbonyl (C=O) groups is 2. The molecule has 2 aliphatic rings. The average Bonchev–Trinajstić information content (AvgIpc) is 3.32. The number of alkyl halides is 2. The van der Waals surface area contributed by atoms with Crippen LogP contribution in [0.5, 0.6) is 0 Å². The van der Waals surface area contributed by atoms with Crippen LogP contribution >= 0.6 is 0 Å². The van der Waals surface area contributed by atoms with Gasteiger partial charge in [-0.25, -0.2) is 8.78 Å². The topological polar surface area (TPSA) is 80.3 Å². The molecule has 50 heavy (non-hydrogen) atoms. The van der Waals surface area contributed by atoms with E-state index in [4.69, 9.17) is 23.4 Å². The fourth-order valence-electron chi connectivity index (χ4n) is 6.84. The van der Waals surface area contributed by atoms with Gasteiger partial charge in [0, 0.05) is 44.6 Å². The fourth-order valence-corrected chi connectivity index (χ4v) is 8.07. The van der Waals surface area contributed by atoms with Crippen LogP contribution in [0.3, 0.4) is 0 Å². The zero-order valence-corrected chi connectivity index (χ0v) is 34.0. The molecule has 1 saturated heterocycles. The van der Waals surface area contributed by atoms with Crippen LogP contribution in [0.2, 0.25) is 18.1 Å². The Morgan fingerprint density at radius 2 is 1.60 bits per heavy atom. The third-order valence-corrected chi connectivity index (χ3v) is 15.2. The summed E-state index contributed by atoms with van der Waals surface area (Å²) in [6, 6.07) is 0. The maximum absolute atomic E-state index is 16.1. The first-order valence-corrected chi connectivity index (χ1v) is 22.8. The Morgan fingerprint density at radius 1 is 0.940 bits per heavy atom. The zero-order chi connectivity index (χ0) is 37.4. The first-order valence-electron chi connectivity index (χ1n) is 19.8. The summed E-state index contributed by atoms with van der Waals surface area (Å²) in [5.41, 5.74) is 0. The Labute approximate surface area is 304 Å². The highest BCUT2D eigenvalue weighted by Crippen LogP contribution is 2.44. The van der Waals surface area contributed by atoms with Crippen LogP contribution in [0.25, 0.3) is 0 Å². The summed E-state index contributed by atoms with van der Waals surface area (Å²) >= 11 is 0. The molecule has 10 heteroatoms. The summed E-state index contributed by atoms with van der Waals surface area (Å²) in [5, 5.41) is -0.227. The molecule has 2 fully saturated rings. The quantitative estimate of drug-likeness (QED) is 0.0448. The molecule has 0 aromatic heterocycles. The lowest BCUT2D eigenvalue weighted by atomic mass is 9.87. The molecule has 0 amide bonds. The van der Waals surface area contributed by atoms with Crippen molar-refractivity contribution in [3.05, 3.63) is 12.2 Å². The average molecular weight is 731 g/mol. The van der Waals surface area contributed by atoms with Crippen LogP contribution in [-0.2, 0) is 33.0 Å². The summed E-state index contributed by atoms with van der Waals surface area (Å²) in [5.74, 6) is -3.79. The highest BCUT2D eigenvalue weighted by Gasteiger charge is 2.48. The van der Waals surface area contributed by atoms with Gasteiger partial charge in [0.1, 0.15) is 12.2 Å². The highest BCUT2D eigenvalue weighted by atomic mass is 28.4. The predicted octanol–water partition coefficient (Wildman–Crippen LogP) is 11.1. The molecule has 0 aromatic rings. The van der Waals surface area contributed by atoms with Crippen LogP contribution in [0.1, 0.15) is 158 Å². The van der Waals surface area contributed by atoms with Crippen LogP contribution in [-0.4, -0.2) is 63.5 Å². The molecule has 2 rings (SSSR count). The van der Waals surface area contributed by atoms with E-state index in [0.717, 1.165) is 83.5 Å². The van der Waals surface area contributed by atoms with Crippen molar-refractivity contribution in [3.8, 4) is 0 Å². The van der Waals surface area contributed by atoms with E-state index in [1.165, 1.54) is 6.92 Å². The number of halogens is 2. The van der Waals surface area contributed by atoms with E-state index in [2.05, 4.69) is 27.7 Å². The van der Waals surface area contributed by atoms with Crippen molar-refractivity contribution in [2.75, 3.05) is 6.61 Å². The Balaban J connectivity index is 2.26. The van der Waals surface area contributed by atoms with Crippen molar-refractivity contribution in [1.29, 1.82) is 0 Å². The molecule has 1 aliphatic heterocycles. The van der Waals surface area contributed by atoms with Crippen molar-refractivity contribution in [2.24, 2.45) is 11.8 Å². The van der Waals surface area contributed by atoms with Gasteiger partial charge in [-0.05, 0) is 70.5 Å². The van der Waals surface area contributed by atoms with Crippen LogP contribution < -0.4 is 0 Å². The standard InChI is InChI=1S/C40H72F2O7Si/c1-10-11-12-20-27-40(41,42)36(49-50(8,9)39(5,6)7)26-25-33-32(22-17-15-13-14-16-18-23-37(44)46-30(2)3)34(47-31(4)43)29-35(33)48-38-24-19-21-28-45-38/h25-26,30,32-36,38H,10-24,27-29H2,1-9H3/t32-,33-,34+,35-,36?,38?/m1/s1. The smallest absolute Gasteiger partial charge is 0.306 e. The van der Waals surface area contributed by atoms with Crippen molar-refractivity contribution in [2.45, 2.75) is 212 Å². The van der Waals surface area contributed by atoms with Crippen LogP contribution in [0.4, 0.5) is 8.78 Å². The van der Waals surface area contributed by atoms with Crippen LogP contribution in [0.15, 0.2) is 12.2 Å². The summed E-state index contributed by atoms with van der Waals surface area (Å²) in [6.07, 6.45) is 14.3. The van der Waals surface area contributed by atoms with Gasteiger partial charge in [0.15, 0.2) is 14.6 Å². The normalized spacial score (nSPS) is 24.2. The maximum atomic E-state index is 16.1. The van der Waals surface area contributed by atoms with E-state index in [9.17, 15) is 9.59 Å². The number of rotatable bonds is 23. The summed E-state index contributed by atoms with van der Waals surface area (Å²) in [7, 11) is -2.54. The van der Waals surface area contributed by atoms with Crippen LogP contribution in [0, 0.1) is 11.8 Å². The Bertz CT molecular complexity index is 1010. The first-order chi connectivity index (χ1) is 23.5. The molecule has 2 unspecified atom stereocenters. The van der Waals surface area contributed by atoms with E-state index in [1.807, 2.05) is 33.0 Å². The number of unbranched alkanes of at least 4 members (excludes halogenated alkanes) is 8. The molecule has 0 radical (unpaired) electrons. The van der Waals surface area contributed by atoms with Gasteiger partial charge >= 0.3 is 11.9 Å². The second-order valence-corrected chi connectivity index (χ2v) is 21.3. The largest absolute Gasteiger partial charge is 0.463 e. The third-order valence-electron chi connectivity index (χ3n) is 10.7. The molecule has 1 heterocycles.